The normalized spacial score (nSPS) is 10.4. The van der Waals surface area contributed by atoms with Crippen LogP contribution in [0.1, 0.15) is 12.5 Å². The van der Waals surface area contributed by atoms with Gasteiger partial charge in [-0.2, -0.15) is 0 Å². The first-order chi connectivity index (χ1) is 9.56. The highest BCUT2D eigenvalue weighted by Crippen LogP contribution is 2.25. The van der Waals surface area contributed by atoms with E-state index in [-0.39, 0.29) is 5.69 Å². The van der Waals surface area contributed by atoms with E-state index in [4.69, 9.17) is 0 Å². The van der Waals surface area contributed by atoms with Crippen molar-refractivity contribution in [2.75, 3.05) is 17.7 Å². The van der Waals surface area contributed by atoms with Gasteiger partial charge in [0.05, 0.1) is 0 Å². The Balaban J connectivity index is 2.40. The number of hydrogen-bond donors (Lipinski definition) is 2. The van der Waals surface area contributed by atoms with Gasteiger partial charge in [0, 0.05) is 30.4 Å². The fraction of sp³-hybridized carbons (Fsp3) is 0.231. The summed E-state index contributed by atoms with van der Waals surface area (Å²) in [4.78, 5) is 8.08. The Morgan fingerprint density at radius 3 is 2.20 bits per heavy atom. The van der Waals surface area contributed by atoms with E-state index in [0.717, 1.165) is 17.7 Å². The van der Waals surface area contributed by atoms with Crippen LogP contribution in [0.25, 0.3) is 0 Å². The number of nitrogens with zero attached hydrogens (tertiary/aromatic N) is 2. The smallest absolute Gasteiger partial charge is 0.194 e. The Bertz CT molecular complexity index is 608. The van der Waals surface area contributed by atoms with Crippen LogP contribution in [-0.4, -0.2) is 17.0 Å². The van der Waals surface area contributed by atoms with Gasteiger partial charge in [-0.25, -0.2) is 23.1 Å². The standard InChI is InChI=1S/C13H13F3N4/c1-3-8-12(17-2)18-6-19-13(8)20-7-4-9(14)11(16)10(15)5-7/h4-6H,3H2,1-2H3,(H2,17,18,19,20). The Hall–Kier alpha value is -2.31. The maximum atomic E-state index is 13.2. The third-order valence-electron chi connectivity index (χ3n) is 2.78. The third-order valence-corrected chi connectivity index (χ3v) is 2.78. The molecule has 0 radical (unpaired) electrons. The van der Waals surface area contributed by atoms with Crippen LogP contribution in [0.2, 0.25) is 0 Å². The van der Waals surface area contributed by atoms with E-state index < -0.39 is 17.5 Å². The van der Waals surface area contributed by atoms with E-state index in [9.17, 15) is 13.2 Å². The lowest BCUT2D eigenvalue weighted by Crippen LogP contribution is -2.05. The lowest BCUT2D eigenvalue weighted by atomic mass is 10.2. The fourth-order valence-electron chi connectivity index (χ4n) is 1.83. The Morgan fingerprint density at radius 1 is 1.05 bits per heavy atom. The molecule has 1 heterocycles. The molecular formula is C13H13F3N4. The third kappa shape index (κ3) is 2.66. The van der Waals surface area contributed by atoms with Crippen LogP contribution < -0.4 is 10.6 Å². The van der Waals surface area contributed by atoms with Crippen molar-refractivity contribution >= 4 is 17.3 Å². The summed E-state index contributed by atoms with van der Waals surface area (Å²) < 4.78 is 39.2. The molecule has 0 aliphatic heterocycles. The van der Waals surface area contributed by atoms with Gasteiger partial charge in [-0.1, -0.05) is 6.92 Å². The lowest BCUT2D eigenvalue weighted by molar-refractivity contribution is 0.448. The van der Waals surface area contributed by atoms with Gasteiger partial charge in [0.1, 0.15) is 18.0 Å². The highest BCUT2D eigenvalue weighted by molar-refractivity contribution is 5.64. The minimum Gasteiger partial charge on any atom is -0.373 e. The predicted molar refractivity (Wildman–Crippen MR) is 70.6 cm³/mol. The van der Waals surface area contributed by atoms with Crippen LogP contribution in [0.3, 0.4) is 0 Å². The van der Waals surface area contributed by atoms with E-state index in [1.165, 1.54) is 6.33 Å². The second kappa shape index (κ2) is 5.77. The first-order valence-corrected chi connectivity index (χ1v) is 6.00. The van der Waals surface area contributed by atoms with E-state index in [0.29, 0.717) is 18.1 Å². The number of benzene rings is 1. The van der Waals surface area contributed by atoms with Crippen molar-refractivity contribution in [1.82, 2.24) is 9.97 Å². The molecule has 0 spiro atoms. The van der Waals surface area contributed by atoms with Crippen molar-refractivity contribution in [3.63, 3.8) is 0 Å². The highest BCUT2D eigenvalue weighted by Gasteiger charge is 2.13. The molecular weight excluding hydrogens is 269 g/mol. The van der Waals surface area contributed by atoms with E-state index in [1.54, 1.807) is 7.05 Å². The SMILES string of the molecule is CCc1c(NC)ncnc1Nc1cc(F)c(F)c(F)c1. The number of rotatable bonds is 4. The summed E-state index contributed by atoms with van der Waals surface area (Å²) in [6, 6.07) is 1.75. The highest BCUT2D eigenvalue weighted by atomic mass is 19.2. The van der Waals surface area contributed by atoms with Gasteiger partial charge < -0.3 is 10.6 Å². The molecule has 0 saturated heterocycles. The Morgan fingerprint density at radius 2 is 1.65 bits per heavy atom. The van der Waals surface area contributed by atoms with Gasteiger partial charge in [-0.3, -0.25) is 0 Å². The van der Waals surface area contributed by atoms with Crippen LogP contribution in [0, 0.1) is 17.5 Å². The molecule has 20 heavy (non-hydrogen) atoms. The molecule has 2 rings (SSSR count). The van der Waals surface area contributed by atoms with Crippen molar-refractivity contribution in [2.24, 2.45) is 0 Å². The quantitative estimate of drug-likeness (QED) is 0.845. The number of aromatic nitrogens is 2. The van der Waals surface area contributed by atoms with Crippen LogP contribution in [0.5, 0.6) is 0 Å². The van der Waals surface area contributed by atoms with Crippen molar-refractivity contribution in [3.05, 3.63) is 41.5 Å². The first-order valence-electron chi connectivity index (χ1n) is 6.00. The van der Waals surface area contributed by atoms with Crippen molar-refractivity contribution in [3.8, 4) is 0 Å². The molecule has 0 aliphatic carbocycles. The summed E-state index contributed by atoms with van der Waals surface area (Å²) in [6.07, 6.45) is 1.94. The Labute approximate surface area is 114 Å². The monoisotopic (exact) mass is 282 g/mol. The zero-order valence-corrected chi connectivity index (χ0v) is 11.0. The summed E-state index contributed by atoms with van der Waals surface area (Å²) in [5.74, 6) is -2.97. The summed E-state index contributed by atoms with van der Waals surface area (Å²) in [5, 5.41) is 5.67. The van der Waals surface area contributed by atoms with Crippen LogP contribution in [-0.2, 0) is 6.42 Å². The molecule has 0 bridgehead atoms. The maximum absolute atomic E-state index is 13.2. The number of halogens is 3. The predicted octanol–water partition coefficient (Wildman–Crippen LogP) is 3.24. The molecule has 0 unspecified atom stereocenters. The molecule has 0 aliphatic rings. The first kappa shape index (κ1) is 14.1. The summed E-state index contributed by atoms with van der Waals surface area (Å²) in [7, 11) is 1.71. The molecule has 4 nitrogen and oxygen atoms in total. The van der Waals surface area contributed by atoms with Crippen LogP contribution in [0.15, 0.2) is 18.5 Å². The Kier molecular flexibility index (Phi) is 4.07. The van der Waals surface area contributed by atoms with E-state index in [2.05, 4.69) is 20.6 Å². The molecule has 0 atom stereocenters. The molecule has 2 N–H and O–H groups in total. The minimum atomic E-state index is -1.50. The summed E-state index contributed by atoms with van der Waals surface area (Å²) in [5.41, 5.74) is 0.844. The van der Waals surface area contributed by atoms with E-state index in [1.807, 2.05) is 6.92 Å². The molecule has 1 aromatic carbocycles. The van der Waals surface area contributed by atoms with Gasteiger partial charge in [0.15, 0.2) is 17.5 Å². The van der Waals surface area contributed by atoms with Gasteiger partial charge in [0.2, 0.25) is 0 Å². The lowest BCUT2D eigenvalue weighted by Gasteiger charge is -2.13. The zero-order valence-electron chi connectivity index (χ0n) is 11.0. The molecule has 1 aromatic heterocycles. The number of hydrogen-bond acceptors (Lipinski definition) is 4. The molecule has 0 fully saturated rings. The van der Waals surface area contributed by atoms with Crippen molar-refractivity contribution in [1.29, 1.82) is 0 Å². The van der Waals surface area contributed by atoms with Crippen LogP contribution >= 0.6 is 0 Å². The minimum absolute atomic E-state index is 0.0804. The van der Waals surface area contributed by atoms with Crippen LogP contribution in [0.4, 0.5) is 30.5 Å². The largest absolute Gasteiger partial charge is 0.373 e. The number of nitrogens with one attached hydrogen (secondary N) is 2. The fourth-order valence-corrected chi connectivity index (χ4v) is 1.83. The average molecular weight is 282 g/mol. The summed E-state index contributed by atoms with van der Waals surface area (Å²) >= 11 is 0. The average Bonchev–Trinajstić information content (AvgIpc) is 2.44. The summed E-state index contributed by atoms with van der Waals surface area (Å²) in [6.45, 7) is 1.90. The maximum Gasteiger partial charge on any atom is 0.194 e. The topological polar surface area (TPSA) is 49.8 Å². The molecule has 0 saturated carbocycles. The molecule has 2 aromatic rings. The second-order valence-corrected chi connectivity index (χ2v) is 4.03. The van der Waals surface area contributed by atoms with Gasteiger partial charge in [-0.05, 0) is 6.42 Å². The zero-order chi connectivity index (χ0) is 14.7. The van der Waals surface area contributed by atoms with Crippen molar-refractivity contribution < 1.29 is 13.2 Å². The molecule has 106 valence electrons. The van der Waals surface area contributed by atoms with Gasteiger partial charge >= 0.3 is 0 Å². The van der Waals surface area contributed by atoms with Crippen molar-refractivity contribution in [2.45, 2.75) is 13.3 Å². The van der Waals surface area contributed by atoms with Gasteiger partial charge in [0.25, 0.3) is 0 Å². The molecule has 7 heteroatoms. The number of anilines is 3. The molecule has 0 amide bonds. The van der Waals surface area contributed by atoms with E-state index >= 15 is 0 Å². The second-order valence-electron chi connectivity index (χ2n) is 4.03. The van der Waals surface area contributed by atoms with Gasteiger partial charge in [-0.15, -0.1) is 0 Å².